The summed E-state index contributed by atoms with van der Waals surface area (Å²) >= 11 is 0. The van der Waals surface area contributed by atoms with Crippen LogP contribution in [0.15, 0.2) is 24.3 Å². The van der Waals surface area contributed by atoms with E-state index in [-0.39, 0.29) is 5.54 Å². The average molecular weight is 332 g/mol. The summed E-state index contributed by atoms with van der Waals surface area (Å²) in [6, 6.07) is 7.45. The highest BCUT2D eigenvalue weighted by molar-refractivity contribution is 5.89. The molecule has 132 valence electrons. The Kier molecular flexibility index (Phi) is 5.23. The number of hydrogen-bond acceptors (Lipinski definition) is 4. The molecule has 2 fully saturated rings. The number of benzene rings is 1. The molecule has 0 aliphatic carbocycles. The summed E-state index contributed by atoms with van der Waals surface area (Å²) in [5, 5.41) is 9.42. The third kappa shape index (κ3) is 3.79. The number of aromatic carboxylic acids is 1. The molecule has 24 heavy (non-hydrogen) atoms. The maximum absolute atomic E-state index is 11.5. The Balaban J connectivity index is 1.64. The molecule has 0 bridgehead atoms. The summed E-state index contributed by atoms with van der Waals surface area (Å²) in [5.74, 6) is -0.504. The molecule has 0 spiro atoms. The highest BCUT2D eigenvalue weighted by atomic mass is 16.5. The summed E-state index contributed by atoms with van der Waals surface area (Å²) in [6.07, 6.45) is 1.03. The Bertz CT molecular complexity index is 582. The normalized spacial score (nSPS) is 23.5. The zero-order chi connectivity index (χ0) is 17.2. The van der Waals surface area contributed by atoms with Gasteiger partial charge in [-0.2, -0.15) is 0 Å². The van der Waals surface area contributed by atoms with Gasteiger partial charge in [0.15, 0.2) is 0 Å². The Morgan fingerprint density at radius 3 is 2.67 bits per heavy atom. The van der Waals surface area contributed by atoms with Crippen molar-refractivity contribution in [3.63, 3.8) is 0 Å². The molecule has 0 unspecified atom stereocenters. The van der Waals surface area contributed by atoms with E-state index in [1.54, 1.807) is 12.1 Å². The Morgan fingerprint density at radius 1 is 1.25 bits per heavy atom. The Morgan fingerprint density at radius 2 is 1.96 bits per heavy atom. The lowest BCUT2D eigenvalue weighted by atomic mass is 9.93. The summed E-state index contributed by atoms with van der Waals surface area (Å²) in [5.41, 5.74) is 1.55. The first-order valence-corrected chi connectivity index (χ1v) is 8.85. The molecule has 0 saturated carbocycles. The van der Waals surface area contributed by atoms with Gasteiger partial charge in [0.1, 0.15) is 0 Å². The number of nitrogens with zero attached hydrogens (tertiary/aromatic N) is 2. The predicted octanol–water partition coefficient (Wildman–Crippen LogP) is 2.28. The van der Waals surface area contributed by atoms with Gasteiger partial charge in [-0.1, -0.05) is 18.2 Å². The smallest absolute Gasteiger partial charge is 0.335 e. The molecule has 1 N–H and O–H groups in total. The van der Waals surface area contributed by atoms with E-state index in [0.717, 1.165) is 57.9 Å². The lowest BCUT2D eigenvalue weighted by Gasteiger charge is -2.43. The third-order valence-electron chi connectivity index (χ3n) is 5.38. The van der Waals surface area contributed by atoms with Crippen molar-refractivity contribution >= 4 is 5.97 Å². The molecule has 0 radical (unpaired) electrons. The van der Waals surface area contributed by atoms with Crippen LogP contribution in [0.1, 0.15) is 42.1 Å². The maximum Gasteiger partial charge on any atom is 0.335 e. The van der Waals surface area contributed by atoms with E-state index in [1.165, 1.54) is 0 Å². The molecule has 5 heteroatoms. The molecule has 2 aliphatic rings. The minimum atomic E-state index is -0.822. The van der Waals surface area contributed by atoms with Gasteiger partial charge in [-0.25, -0.2) is 4.79 Å². The summed E-state index contributed by atoms with van der Waals surface area (Å²) in [4.78, 5) is 16.5. The fraction of sp³-hybridized carbons (Fsp3) is 0.632. The van der Waals surface area contributed by atoms with Gasteiger partial charge in [0.2, 0.25) is 0 Å². The number of rotatable bonds is 5. The lowest BCUT2D eigenvalue weighted by Crippen LogP contribution is -2.55. The van der Waals surface area contributed by atoms with Crippen LogP contribution in [-0.4, -0.2) is 72.4 Å². The molecule has 5 nitrogen and oxygen atoms in total. The zero-order valence-electron chi connectivity index (χ0n) is 14.7. The first-order valence-electron chi connectivity index (χ1n) is 8.85. The van der Waals surface area contributed by atoms with Gasteiger partial charge in [-0.05, 0) is 44.4 Å². The average Bonchev–Trinajstić information content (AvgIpc) is 3.03. The molecule has 0 amide bonds. The second-order valence-electron chi connectivity index (χ2n) is 7.52. The summed E-state index contributed by atoms with van der Waals surface area (Å²) in [6.45, 7) is 11.2. The number of hydrogen-bond donors (Lipinski definition) is 1. The summed E-state index contributed by atoms with van der Waals surface area (Å²) < 4.78 is 5.46. The fourth-order valence-corrected chi connectivity index (χ4v) is 4.09. The molecule has 3 rings (SSSR count). The molecule has 1 aromatic rings. The van der Waals surface area contributed by atoms with E-state index in [2.05, 4.69) is 23.6 Å². The monoisotopic (exact) mass is 332 g/mol. The second-order valence-corrected chi connectivity index (χ2v) is 7.52. The van der Waals surface area contributed by atoms with Crippen molar-refractivity contribution in [3.8, 4) is 0 Å². The van der Waals surface area contributed by atoms with Crippen LogP contribution >= 0.6 is 0 Å². The van der Waals surface area contributed by atoms with E-state index >= 15 is 0 Å². The molecule has 2 saturated heterocycles. The van der Waals surface area contributed by atoms with Crippen LogP contribution in [0, 0.1) is 0 Å². The van der Waals surface area contributed by atoms with E-state index in [9.17, 15) is 9.90 Å². The van der Waals surface area contributed by atoms with Crippen molar-refractivity contribution in [2.75, 3.05) is 45.9 Å². The van der Waals surface area contributed by atoms with Gasteiger partial charge in [0.25, 0.3) is 0 Å². The standard InChI is InChI=1S/C19H28N2O3/c1-19(2,21-9-11-24-12-10-21)14-20-8-7-15(13-20)16-5-3-4-6-17(16)18(22)23/h3-6,15H,7-14H2,1-2H3,(H,22,23)/t15-/m0/s1. The van der Waals surface area contributed by atoms with Gasteiger partial charge in [-0.3, -0.25) is 4.90 Å². The van der Waals surface area contributed by atoms with Crippen molar-refractivity contribution in [2.45, 2.75) is 31.7 Å². The number of ether oxygens (including phenoxy) is 1. The number of likely N-dealkylation sites (tertiary alicyclic amines) is 1. The van der Waals surface area contributed by atoms with E-state index in [0.29, 0.717) is 11.5 Å². The largest absolute Gasteiger partial charge is 0.478 e. The van der Waals surface area contributed by atoms with Crippen LogP contribution in [0.3, 0.4) is 0 Å². The van der Waals surface area contributed by atoms with E-state index < -0.39 is 5.97 Å². The first kappa shape index (κ1) is 17.4. The molecule has 1 atom stereocenters. The molecular formula is C19H28N2O3. The SMILES string of the molecule is CC(C)(CN1CC[C@H](c2ccccc2C(=O)O)C1)N1CCOCC1. The number of carbonyl (C=O) groups is 1. The topological polar surface area (TPSA) is 53.0 Å². The van der Waals surface area contributed by atoms with Gasteiger partial charge in [-0.15, -0.1) is 0 Å². The second kappa shape index (κ2) is 7.21. The van der Waals surface area contributed by atoms with Gasteiger partial charge in [0.05, 0.1) is 18.8 Å². The number of carboxylic acids is 1. The minimum absolute atomic E-state index is 0.116. The van der Waals surface area contributed by atoms with Crippen molar-refractivity contribution < 1.29 is 14.6 Å². The lowest BCUT2D eigenvalue weighted by molar-refractivity contribution is -0.0197. The van der Waals surface area contributed by atoms with Crippen molar-refractivity contribution in [1.82, 2.24) is 9.80 Å². The zero-order valence-corrected chi connectivity index (χ0v) is 14.7. The van der Waals surface area contributed by atoms with Crippen LogP contribution in [0.4, 0.5) is 0 Å². The number of morpholine rings is 1. The quantitative estimate of drug-likeness (QED) is 0.896. The molecule has 1 aromatic carbocycles. The van der Waals surface area contributed by atoms with Crippen molar-refractivity contribution in [2.24, 2.45) is 0 Å². The van der Waals surface area contributed by atoms with Crippen LogP contribution in [0.5, 0.6) is 0 Å². The van der Waals surface area contributed by atoms with Crippen LogP contribution < -0.4 is 0 Å². The maximum atomic E-state index is 11.5. The van der Waals surface area contributed by atoms with Crippen LogP contribution in [-0.2, 0) is 4.74 Å². The highest BCUT2D eigenvalue weighted by Gasteiger charge is 2.34. The molecule has 2 aliphatic heterocycles. The van der Waals surface area contributed by atoms with Crippen LogP contribution in [0.25, 0.3) is 0 Å². The van der Waals surface area contributed by atoms with Gasteiger partial charge >= 0.3 is 5.97 Å². The third-order valence-corrected chi connectivity index (χ3v) is 5.38. The minimum Gasteiger partial charge on any atom is -0.478 e. The predicted molar refractivity (Wildman–Crippen MR) is 93.7 cm³/mol. The first-order chi connectivity index (χ1) is 11.5. The Hall–Kier alpha value is -1.43. The summed E-state index contributed by atoms with van der Waals surface area (Å²) in [7, 11) is 0. The van der Waals surface area contributed by atoms with Gasteiger partial charge < -0.3 is 14.7 Å². The van der Waals surface area contributed by atoms with E-state index in [1.807, 2.05) is 12.1 Å². The fourth-order valence-electron chi connectivity index (χ4n) is 4.09. The van der Waals surface area contributed by atoms with E-state index in [4.69, 9.17) is 4.74 Å². The van der Waals surface area contributed by atoms with Gasteiger partial charge in [0, 0.05) is 31.7 Å². The molecular weight excluding hydrogens is 304 g/mol. The highest BCUT2D eigenvalue weighted by Crippen LogP contribution is 2.31. The molecule has 0 aromatic heterocycles. The molecule has 2 heterocycles. The van der Waals surface area contributed by atoms with Crippen molar-refractivity contribution in [1.29, 1.82) is 0 Å². The Labute approximate surface area is 144 Å². The van der Waals surface area contributed by atoms with Crippen LogP contribution in [0.2, 0.25) is 0 Å². The number of carboxylic acid groups (broad SMARTS) is 1. The van der Waals surface area contributed by atoms with Crippen molar-refractivity contribution in [3.05, 3.63) is 35.4 Å².